The fraction of sp³-hybridized carbons (Fsp3) is 0.462. The van der Waals surface area contributed by atoms with Crippen LogP contribution in [0.5, 0.6) is 5.75 Å². The Morgan fingerprint density at radius 1 is 1.50 bits per heavy atom. The first-order valence-corrected chi connectivity index (χ1v) is 7.14. The Balaban J connectivity index is 2.75. The topological polar surface area (TPSA) is 63.6 Å². The van der Waals surface area contributed by atoms with Gasteiger partial charge in [-0.1, -0.05) is 24.6 Å². The van der Waals surface area contributed by atoms with Gasteiger partial charge in [-0.3, -0.25) is 9.00 Å². The van der Waals surface area contributed by atoms with Crippen molar-refractivity contribution in [2.24, 2.45) is 5.92 Å². The molecule has 1 aromatic carbocycles. The van der Waals surface area contributed by atoms with E-state index < -0.39 is 22.7 Å². The van der Waals surface area contributed by atoms with E-state index in [1.54, 1.807) is 14.0 Å². The lowest BCUT2D eigenvalue weighted by Crippen LogP contribution is -2.18. The van der Waals surface area contributed by atoms with Crippen LogP contribution in [0.1, 0.15) is 18.1 Å². The minimum atomic E-state index is -1.20. The zero-order chi connectivity index (χ0) is 13.7. The van der Waals surface area contributed by atoms with Gasteiger partial charge in [-0.2, -0.15) is 0 Å². The highest BCUT2D eigenvalue weighted by molar-refractivity contribution is 7.84. The predicted molar refractivity (Wildman–Crippen MR) is 71.2 cm³/mol. The third-order valence-corrected chi connectivity index (χ3v) is 4.11. The molecule has 2 atom stereocenters. The summed E-state index contributed by atoms with van der Waals surface area (Å²) in [4.78, 5) is 10.7. The Hall–Kier alpha value is -1.36. The second kappa shape index (κ2) is 6.54. The summed E-state index contributed by atoms with van der Waals surface area (Å²) in [5.41, 5.74) is 1.92. The number of hydrogen-bond donors (Lipinski definition) is 1. The highest BCUT2D eigenvalue weighted by atomic mass is 32.2. The van der Waals surface area contributed by atoms with E-state index in [1.807, 2.05) is 25.1 Å². The molecule has 1 N–H and O–H groups in total. The van der Waals surface area contributed by atoms with Crippen LogP contribution in [0.25, 0.3) is 0 Å². The molecule has 100 valence electrons. The number of ether oxygens (including phenoxy) is 1. The molecule has 0 aliphatic heterocycles. The molecule has 0 amide bonds. The molecule has 18 heavy (non-hydrogen) atoms. The second-order valence-corrected chi connectivity index (χ2v) is 5.81. The Kier molecular flexibility index (Phi) is 5.34. The van der Waals surface area contributed by atoms with Gasteiger partial charge in [0, 0.05) is 22.1 Å². The first kappa shape index (κ1) is 14.7. The molecule has 0 aliphatic carbocycles. The third kappa shape index (κ3) is 4.14. The van der Waals surface area contributed by atoms with Gasteiger partial charge in [-0.15, -0.1) is 0 Å². The number of methoxy groups -OCH3 is 1. The van der Waals surface area contributed by atoms with Gasteiger partial charge in [0.25, 0.3) is 0 Å². The molecule has 0 aromatic heterocycles. The highest BCUT2D eigenvalue weighted by Gasteiger charge is 2.16. The quantitative estimate of drug-likeness (QED) is 0.858. The summed E-state index contributed by atoms with van der Waals surface area (Å²) in [5, 5.41) is 8.78. The predicted octanol–water partition coefficient (Wildman–Crippen LogP) is 1.97. The van der Waals surface area contributed by atoms with Gasteiger partial charge in [0.1, 0.15) is 5.75 Å². The molecular weight excluding hydrogens is 252 g/mol. The largest absolute Gasteiger partial charge is 0.496 e. The summed E-state index contributed by atoms with van der Waals surface area (Å²) in [6, 6.07) is 5.68. The summed E-state index contributed by atoms with van der Waals surface area (Å²) in [5.74, 6) is -0.340. The molecule has 0 heterocycles. The van der Waals surface area contributed by atoms with Crippen LogP contribution in [-0.2, 0) is 21.3 Å². The Bertz CT molecular complexity index is 456. The van der Waals surface area contributed by atoms with Crippen molar-refractivity contribution < 1.29 is 18.8 Å². The summed E-state index contributed by atoms with van der Waals surface area (Å²) >= 11 is 0. The molecule has 0 spiro atoms. The fourth-order valence-electron chi connectivity index (χ4n) is 1.60. The monoisotopic (exact) mass is 270 g/mol. The number of aryl methyl sites for hydroxylation is 1. The van der Waals surface area contributed by atoms with Crippen LogP contribution in [0.3, 0.4) is 0 Å². The third-order valence-electron chi connectivity index (χ3n) is 2.61. The van der Waals surface area contributed by atoms with Gasteiger partial charge in [0.15, 0.2) is 0 Å². The molecule has 1 aromatic rings. The molecule has 0 radical (unpaired) electrons. The maximum Gasteiger partial charge on any atom is 0.307 e. The minimum absolute atomic E-state index is 0.159. The number of rotatable bonds is 6. The molecule has 2 unspecified atom stereocenters. The molecule has 5 heteroatoms. The van der Waals surface area contributed by atoms with Crippen LogP contribution in [0.15, 0.2) is 18.2 Å². The van der Waals surface area contributed by atoms with Crippen molar-refractivity contribution in [3.8, 4) is 5.75 Å². The number of carbonyl (C=O) groups is 1. The lowest BCUT2D eigenvalue weighted by molar-refractivity contribution is -0.140. The smallest absolute Gasteiger partial charge is 0.307 e. The van der Waals surface area contributed by atoms with Crippen molar-refractivity contribution in [2.75, 3.05) is 12.9 Å². The Labute approximate surface area is 109 Å². The summed E-state index contributed by atoms with van der Waals surface area (Å²) in [7, 11) is 0.364. The first-order chi connectivity index (χ1) is 8.43. The van der Waals surface area contributed by atoms with Crippen LogP contribution < -0.4 is 4.74 Å². The van der Waals surface area contributed by atoms with E-state index in [1.165, 1.54) is 0 Å². The SMILES string of the molecule is COc1ccc(C)cc1CS(=O)CC(C)C(=O)O. The maximum atomic E-state index is 11.9. The number of aliphatic carboxylic acids is 1. The molecule has 0 saturated carbocycles. The van der Waals surface area contributed by atoms with E-state index in [4.69, 9.17) is 9.84 Å². The van der Waals surface area contributed by atoms with Crippen molar-refractivity contribution >= 4 is 16.8 Å². The van der Waals surface area contributed by atoms with Crippen LogP contribution >= 0.6 is 0 Å². The van der Waals surface area contributed by atoms with E-state index in [-0.39, 0.29) is 5.75 Å². The first-order valence-electron chi connectivity index (χ1n) is 5.65. The normalized spacial score (nSPS) is 13.9. The number of benzene rings is 1. The molecule has 0 fully saturated rings. The standard InChI is InChI=1S/C13H18O4S/c1-9-4-5-12(17-3)11(6-9)8-18(16)7-10(2)13(14)15/h4-6,10H,7-8H2,1-3H3,(H,14,15). The zero-order valence-corrected chi connectivity index (χ0v) is 11.6. The average molecular weight is 270 g/mol. The fourth-order valence-corrected chi connectivity index (χ4v) is 2.99. The van der Waals surface area contributed by atoms with Gasteiger partial charge in [-0.25, -0.2) is 0 Å². The molecule has 0 aliphatic rings. The molecule has 1 rings (SSSR count). The van der Waals surface area contributed by atoms with Crippen LogP contribution in [0, 0.1) is 12.8 Å². The van der Waals surface area contributed by atoms with Crippen molar-refractivity contribution in [1.29, 1.82) is 0 Å². The van der Waals surface area contributed by atoms with Gasteiger partial charge in [0.05, 0.1) is 18.8 Å². The van der Waals surface area contributed by atoms with Gasteiger partial charge >= 0.3 is 5.97 Å². The number of carboxylic acid groups (broad SMARTS) is 1. The van der Waals surface area contributed by atoms with Crippen LogP contribution in [0.2, 0.25) is 0 Å². The van der Waals surface area contributed by atoms with Crippen LogP contribution in [-0.4, -0.2) is 28.1 Å². The van der Waals surface area contributed by atoms with Gasteiger partial charge in [-0.05, 0) is 13.0 Å². The molecule has 0 bridgehead atoms. The average Bonchev–Trinajstić information content (AvgIpc) is 2.28. The minimum Gasteiger partial charge on any atom is -0.496 e. The van der Waals surface area contributed by atoms with E-state index >= 15 is 0 Å². The Morgan fingerprint density at radius 3 is 2.72 bits per heavy atom. The van der Waals surface area contributed by atoms with Crippen molar-refractivity contribution in [2.45, 2.75) is 19.6 Å². The van der Waals surface area contributed by atoms with E-state index in [0.717, 1.165) is 11.1 Å². The van der Waals surface area contributed by atoms with E-state index in [9.17, 15) is 9.00 Å². The van der Waals surface area contributed by atoms with Gasteiger partial charge in [0.2, 0.25) is 0 Å². The van der Waals surface area contributed by atoms with Crippen LogP contribution in [0.4, 0.5) is 0 Å². The summed E-state index contributed by atoms with van der Waals surface area (Å²) in [6.45, 7) is 3.51. The highest BCUT2D eigenvalue weighted by Crippen LogP contribution is 2.21. The number of carboxylic acids is 1. The van der Waals surface area contributed by atoms with Crippen molar-refractivity contribution in [3.63, 3.8) is 0 Å². The summed E-state index contributed by atoms with van der Waals surface area (Å²) < 4.78 is 17.1. The van der Waals surface area contributed by atoms with Gasteiger partial charge < -0.3 is 9.84 Å². The zero-order valence-electron chi connectivity index (χ0n) is 10.8. The lowest BCUT2D eigenvalue weighted by atomic mass is 10.1. The second-order valence-electron chi connectivity index (χ2n) is 4.31. The lowest BCUT2D eigenvalue weighted by Gasteiger charge is -2.10. The van der Waals surface area contributed by atoms with E-state index in [2.05, 4.69) is 0 Å². The van der Waals surface area contributed by atoms with Crippen molar-refractivity contribution in [3.05, 3.63) is 29.3 Å². The van der Waals surface area contributed by atoms with E-state index in [0.29, 0.717) is 11.5 Å². The van der Waals surface area contributed by atoms with Crippen molar-refractivity contribution in [1.82, 2.24) is 0 Å². The maximum absolute atomic E-state index is 11.9. The Morgan fingerprint density at radius 2 is 2.17 bits per heavy atom. The summed E-state index contributed by atoms with van der Waals surface area (Å²) in [6.07, 6.45) is 0. The molecule has 4 nitrogen and oxygen atoms in total. The molecule has 0 saturated heterocycles. The number of hydrogen-bond acceptors (Lipinski definition) is 3. The molecular formula is C13H18O4S.